The molecule has 2 aromatic carbocycles. The monoisotopic (exact) mass is 332 g/mol. The van der Waals surface area contributed by atoms with E-state index in [2.05, 4.69) is 20.2 Å². The number of rotatable bonds is 5. The van der Waals surface area contributed by atoms with Crippen molar-refractivity contribution in [3.8, 4) is 11.5 Å². The third-order valence-corrected chi connectivity index (χ3v) is 4.20. The largest absolute Gasteiger partial charge is 0.455 e. The maximum Gasteiger partial charge on any atom is 0.150 e. The van der Waals surface area contributed by atoms with Gasteiger partial charge in [0, 0.05) is 19.2 Å². The van der Waals surface area contributed by atoms with Crippen molar-refractivity contribution in [3.63, 3.8) is 0 Å². The lowest BCUT2D eigenvalue weighted by Crippen LogP contribution is -2.19. The Morgan fingerprint density at radius 2 is 1.64 bits per heavy atom. The number of benzene rings is 2. The number of para-hydroxylation sites is 3. The molecular formula is C20H20N4O. The van der Waals surface area contributed by atoms with Crippen LogP contribution in [0, 0.1) is 0 Å². The summed E-state index contributed by atoms with van der Waals surface area (Å²) < 4.78 is 6.00. The van der Waals surface area contributed by atoms with E-state index in [4.69, 9.17) is 4.74 Å². The zero-order chi connectivity index (χ0) is 16.9. The molecule has 0 unspecified atom stereocenters. The van der Waals surface area contributed by atoms with Crippen LogP contribution in [0.3, 0.4) is 0 Å². The molecule has 3 aromatic rings. The van der Waals surface area contributed by atoms with E-state index >= 15 is 0 Å². The average Bonchev–Trinajstić information content (AvgIpc) is 3.19. The molecule has 0 radical (unpaired) electrons. The topological polar surface area (TPSA) is 50.3 Å². The lowest BCUT2D eigenvalue weighted by molar-refractivity contribution is 0.485. The molecule has 5 nitrogen and oxygen atoms in total. The fourth-order valence-corrected chi connectivity index (χ4v) is 2.95. The minimum atomic E-state index is 0.759. The maximum atomic E-state index is 6.00. The van der Waals surface area contributed by atoms with Crippen molar-refractivity contribution >= 4 is 17.3 Å². The smallest absolute Gasteiger partial charge is 0.150 e. The number of nitrogens with zero attached hydrogens (tertiary/aromatic N) is 3. The first-order valence-electron chi connectivity index (χ1n) is 8.54. The molecule has 0 spiro atoms. The third kappa shape index (κ3) is 3.71. The highest BCUT2D eigenvalue weighted by atomic mass is 16.5. The molecule has 1 N–H and O–H groups in total. The molecule has 1 aliphatic heterocycles. The average molecular weight is 332 g/mol. The Balaban J connectivity index is 1.56. The number of hydrogen-bond acceptors (Lipinski definition) is 5. The summed E-state index contributed by atoms with van der Waals surface area (Å²) in [5.41, 5.74) is 0.873. The van der Waals surface area contributed by atoms with Gasteiger partial charge in [0.25, 0.3) is 0 Å². The molecule has 2 heterocycles. The van der Waals surface area contributed by atoms with Gasteiger partial charge in [-0.2, -0.15) is 0 Å². The van der Waals surface area contributed by atoms with Crippen LogP contribution in [-0.2, 0) is 0 Å². The van der Waals surface area contributed by atoms with E-state index in [-0.39, 0.29) is 0 Å². The van der Waals surface area contributed by atoms with Crippen LogP contribution in [0.2, 0.25) is 0 Å². The van der Waals surface area contributed by atoms with Crippen LogP contribution in [0.5, 0.6) is 11.5 Å². The summed E-state index contributed by atoms with van der Waals surface area (Å²) in [6, 6.07) is 19.6. The van der Waals surface area contributed by atoms with Gasteiger partial charge in [-0.25, -0.2) is 9.97 Å². The van der Waals surface area contributed by atoms with Crippen molar-refractivity contribution in [1.82, 2.24) is 9.97 Å². The van der Waals surface area contributed by atoms with Gasteiger partial charge in [-0.3, -0.25) is 0 Å². The van der Waals surface area contributed by atoms with Gasteiger partial charge in [0.05, 0.1) is 5.69 Å². The van der Waals surface area contributed by atoms with Gasteiger partial charge in [0.1, 0.15) is 23.7 Å². The molecule has 4 rings (SSSR count). The Kier molecular flexibility index (Phi) is 4.46. The molecule has 0 aliphatic carbocycles. The summed E-state index contributed by atoms with van der Waals surface area (Å²) in [5.74, 6) is 3.30. The Hall–Kier alpha value is -3.08. The van der Waals surface area contributed by atoms with Crippen molar-refractivity contribution in [2.24, 2.45) is 0 Å². The Bertz CT molecular complexity index is 832. The summed E-state index contributed by atoms with van der Waals surface area (Å²) in [4.78, 5) is 11.0. The molecule has 0 atom stereocenters. The zero-order valence-electron chi connectivity index (χ0n) is 13.9. The standard InChI is InChI=1S/C20H20N4O/c1-2-8-16(9-3-1)25-18-11-5-4-10-17(18)23-19-14-20(22-15-21-19)24-12-6-7-13-24/h1-5,8-11,14-15H,6-7,12-13H2,(H,21,22,23). The summed E-state index contributed by atoms with van der Waals surface area (Å²) in [6.07, 6.45) is 4.05. The van der Waals surface area contributed by atoms with E-state index in [1.54, 1.807) is 6.33 Å². The first-order chi connectivity index (χ1) is 12.4. The molecule has 0 bridgehead atoms. The molecule has 1 saturated heterocycles. The molecule has 126 valence electrons. The summed E-state index contributed by atoms with van der Waals surface area (Å²) in [5, 5.41) is 3.35. The third-order valence-electron chi connectivity index (χ3n) is 4.20. The first kappa shape index (κ1) is 15.4. The number of nitrogens with one attached hydrogen (secondary N) is 1. The molecule has 1 aliphatic rings. The zero-order valence-corrected chi connectivity index (χ0v) is 13.9. The van der Waals surface area contributed by atoms with Gasteiger partial charge >= 0.3 is 0 Å². The van der Waals surface area contributed by atoms with Crippen molar-refractivity contribution < 1.29 is 4.74 Å². The quantitative estimate of drug-likeness (QED) is 0.739. The highest BCUT2D eigenvalue weighted by Crippen LogP contribution is 2.31. The van der Waals surface area contributed by atoms with Gasteiger partial charge < -0.3 is 15.0 Å². The summed E-state index contributed by atoms with van der Waals surface area (Å²) >= 11 is 0. The van der Waals surface area contributed by atoms with Crippen molar-refractivity contribution in [1.29, 1.82) is 0 Å². The summed E-state index contributed by atoms with van der Waals surface area (Å²) in [7, 11) is 0. The molecular weight excluding hydrogens is 312 g/mol. The van der Waals surface area contributed by atoms with E-state index in [0.717, 1.165) is 41.9 Å². The normalized spacial score (nSPS) is 13.7. The van der Waals surface area contributed by atoms with Crippen molar-refractivity contribution in [3.05, 3.63) is 67.0 Å². The van der Waals surface area contributed by atoms with Gasteiger partial charge in [0.15, 0.2) is 5.75 Å². The first-order valence-corrected chi connectivity index (χ1v) is 8.54. The lowest BCUT2D eigenvalue weighted by Gasteiger charge is -2.17. The Morgan fingerprint density at radius 1 is 0.880 bits per heavy atom. The van der Waals surface area contributed by atoms with E-state index in [1.807, 2.05) is 60.7 Å². The van der Waals surface area contributed by atoms with Crippen molar-refractivity contribution in [2.75, 3.05) is 23.3 Å². The van der Waals surface area contributed by atoms with Crippen LogP contribution in [0.1, 0.15) is 12.8 Å². The van der Waals surface area contributed by atoms with Crippen LogP contribution in [0.4, 0.5) is 17.3 Å². The fourth-order valence-electron chi connectivity index (χ4n) is 2.95. The Morgan fingerprint density at radius 3 is 2.48 bits per heavy atom. The summed E-state index contributed by atoms with van der Waals surface area (Å²) in [6.45, 7) is 2.12. The molecule has 0 amide bonds. The Labute approximate surface area is 147 Å². The van der Waals surface area contributed by atoms with Gasteiger partial charge in [-0.15, -0.1) is 0 Å². The minimum absolute atomic E-state index is 0.759. The molecule has 0 saturated carbocycles. The van der Waals surface area contributed by atoms with Crippen LogP contribution >= 0.6 is 0 Å². The molecule has 1 fully saturated rings. The van der Waals surface area contributed by atoms with Crippen LogP contribution in [0.15, 0.2) is 67.0 Å². The number of anilines is 3. The van der Waals surface area contributed by atoms with Crippen molar-refractivity contribution in [2.45, 2.75) is 12.8 Å². The van der Waals surface area contributed by atoms with Gasteiger partial charge in [0.2, 0.25) is 0 Å². The van der Waals surface area contributed by atoms with Crippen LogP contribution in [0.25, 0.3) is 0 Å². The van der Waals surface area contributed by atoms with Crippen LogP contribution in [-0.4, -0.2) is 23.1 Å². The second-order valence-corrected chi connectivity index (χ2v) is 5.99. The van der Waals surface area contributed by atoms with Gasteiger partial charge in [-0.1, -0.05) is 30.3 Å². The predicted octanol–water partition coefficient (Wildman–Crippen LogP) is 4.61. The number of ether oxygens (including phenoxy) is 1. The fraction of sp³-hybridized carbons (Fsp3) is 0.200. The van der Waals surface area contributed by atoms with Gasteiger partial charge in [-0.05, 0) is 37.1 Å². The minimum Gasteiger partial charge on any atom is -0.455 e. The lowest BCUT2D eigenvalue weighted by atomic mass is 10.3. The highest BCUT2D eigenvalue weighted by molar-refractivity contribution is 5.66. The second kappa shape index (κ2) is 7.21. The van der Waals surface area contributed by atoms with E-state index in [0.29, 0.717) is 0 Å². The SMILES string of the molecule is c1ccc(Oc2ccccc2Nc2cc(N3CCCC3)ncn2)cc1. The number of aromatic nitrogens is 2. The molecule has 1 aromatic heterocycles. The highest BCUT2D eigenvalue weighted by Gasteiger charge is 2.14. The predicted molar refractivity (Wildman–Crippen MR) is 99.7 cm³/mol. The van der Waals surface area contributed by atoms with E-state index in [1.165, 1.54) is 12.8 Å². The number of hydrogen-bond donors (Lipinski definition) is 1. The maximum absolute atomic E-state index is 6.00. The van der Waals surface area contributed by atoms with Crippen LogP contribution < -0.4 is 15.0 Å². The molecule has 25 heavy (non-hydrogen) atoms. The van der Waals surface area contributed by atoms with E-state index in [9.17, 15) is 0 Å². The molecule has 5 heteroatoms. The van der Waals surface area contributed by atoms with E-state index < -0.39 is 0 Å². The second-order valence-electron chi connectivity index (χ2n) is 5.99.